The van der Waals surface area contributed by atoms with Crippen molar-refractivity contribution in [2.75, 3.05) is 17.2 Å². The summed E-state index contributed by atoms with van der Waals surface area (Å²) in [6.07, 6.45) is 0. The van der Waals surface area contributed by atoms with E-state index in [9.17, 15) is 0 Å². The summed E-state index contributed by atoms with van der Waals surface area (Å²) in [6.45, 7) is 7.83. The fourth-order valence-electron chi connectivity index (χ4n) is 1.85. The van der Waals surface area contributed by atoms with Gasteiger partial charge in [-0.15, -0.1) is 0 Å². The standard InChI is InChI=1S/C16H21ClN4/c1-11(2)9-18-15-8-16(21-12(3)20-15)19-10-13-4-6-14(17)7-5-13/h4-8,11H,9-10H2,1-3H3,(H2,18,19,20,21). The van der Waals surface area contributed by atoms with Gasteiger partial charge < -0.3 is 10.6 Å². The maximum absolute atomic E-state index is 5.88. The van der Waals surface area contributed by atoms with E-state index in [0.29, 0.717) is 12.5 Å². The van der Waals surface area contributed by atoms with Crippen molar-refractivity contribution in [1.82, 2.24) is 9.97 Å². The average Bonchev–Trinajstić information content (AvgIpc) is 2.44. The molecule has 0 bridgehead atoms. The van der Waals surface area contributed by atoms with Crippen molar-refractivity contribution in [2.45, 2.75) is 27.3 Å². The van der Waals surface area contributed by atoms with E-state index < -0.39 is 0 Å². The smallest absolute Gasteiger partial charge is 0.132 e. The lowest BCUT2D eigenvalue weighted by atomic mass is 10.2. The van der Waals surface area contributed by atoms with Gasteiger partial charge >= 0.3 is 0 Å². The Morgan fingerprint density at radius 1 is 1.05 bits per heavy atom. The van der Waals surface area contributed by atoms with Gasteiger partial charge in [-0.05, 0) is 30.5 Å². The molecule has 0 saturated carbocycles. The van der Waals surface area contributed by atoms with Crippen molar-refractivity contribution < 1.29 is 0 Å². The molecule has 0 aliphatic rings. The van der Waals surface area contributed by atoms with Crippen molar-refractivity contribution in [2.24, 2.45) is 5.92 Å². The van der Waals surface area contributed by atoms with Crippen molar-refractivity contribution in [3.05, 3.63) is 46.7 Å². The predicted octanol–water partition coefficient (Wildman–Crippen LogP) is 4.12. The van der Waals surface area contributed by atoms with Crippen molar-refractivity contribution in [3.8, 4) is 0 Å². The number of aryl methyl sites for hydroxylation is 1. The minimum absolute atomic E-state index is 0.575. The first-order chi connectivity index (χ1) is 10.0. The van der Waals surface area contributed by atoms with Gasteiger partial charge in [0.1, 0.15) is 17.5 Å². The lowest BCUT2D eigenvalue weighted by molar-refractivity contribution is 0.686. The van der Waals surface area contributed by atoms with E-state index in [4.69, 9.17) is 11.6 Å². The second-order valence-electron chi connectivity index (χ2n) is 5.44. The third-order valence-corrected chi connectivity index (χ3v) is 3.17. The summed E-state index contributed by atoms with van der Waals surface area (Å²) >= 11 is 5.88. The molecule has 0 radical (unpaired) electrons. The zero-order valence-electron chi connectivity index (χ0n) is 12.7. The number of benzene rings is 1. The Bertz CT molecular complexity index is 581. The SMILES string of the molecule is Cc1nc(NCc2ccc(Cl)cc2)cc(NCC(C)C)n1. The van der Waals surface area contributed by atoms with Crippen LogP contribution >= 0.6 is 11.6 Å². The molecule has 0 unspecified atom stereocenters. The van der Waals surface area contributed by atoms with Crippen LogP contribution in [0.3, 0.4) is 0 Å². The lowest BCUT2D eigenvalue weighted by Crippen LogP contribution is -2.11. The van der Waals surface area contributed by atoms with E-state index in [1.54, 1.807) is 0 Å². The lowest BCUT2D eigenvalue weighted by Gasteiger charge is -2.11. The molecule has 0 atom stereocenters. The monoisotopic (exact) mass is 304 g/mol. The Kier molecular flexibility index (Phi) is 5.39. The molecule has 0 fully saturated rings. The highest BCUT2D eigenvalue weighted by Crippen LogP contribution is 2.14. The maximum Gasteiger partial charge on any atom is 0.132 e. The topological polar surface area (TPSA) is 49.8 Å². The third kappa shape index (κ3) is 5.23. The Morgan fingerprint density at radius 3 is 2.29 bits per heavy atom. The Labute approximate surface area is 131 Å². The maximum atomic E-state index is 5.88. The van der Waals surface area contributed by atoms with E-state index in [-0.39, 0.29) is 0 Å². The van der Waals surface area contributed by atoms with Crippen LogP contribution in [-0.4, -0.2) is 16.5 Å². The first-order valence-corrected chi connectivity index (χ1v) is 7.48. The average molecular weight is 305 g/mol. The second-order valence-corrected chi connectivity index (χ2v) is 5.88. The minimum Gasteiger partial charge on any atom is -0.370 e. The molecule has 0 saturated heterocycles. The molecule has 2 aromatic rings. The largest absolute Gasteiger partial charge is 0.370 e. The molecule has 1 heterocycles. The number of halogens is 1. The number of nitrogens with zero attached hydrogens (tertiary/aromatic N) is 2. The molecule has 1 aromatic carbocycles. The first kappa shape index (κ1) is 15.6. The molecule has 2 N–H and O–H groups in total. The Morgan fingerprint density at radius 2 is 1.67 bits per heavy atom. The van der Waals surface area contributed by atoms with Gasteiger partial charge in [0.15, 0.2) is 0 Å². The summed E-state index contributed by atoms with van der Waals surface area (Å²) in [5.74, 6) is 3.01. The van der Waals surface area contributed by atoms with Crippen LogP contribution in [0.25, 0.3) is 0 Å². The second kappa shape index (κ2) is 7.27. The summed E-state index contributed by atoms with van der Waals surface area (Å²) in [5, 5.41) is 7.38. The van der Waals surface area contributed by atoms with Gasteiger partial charge in [-0.25, -0.2) is 9.97 Å². The van der Waals surface area contributed by atoms with Crippen LogP contribution in [0.15, 0.2) is 30.3 Å². The molecule has 21 heavy (non-hydrogen) atoms. The van der Waals surface area contributed by atoms with Crippen LogP contribution in [0.5, 0.6) is 0 Å². The van der Waals surface area contributed by atoms with Crippen molar-refractivity contribution in [1.29, 1.82) is 0 Å². The number of anilines is 2. The van der Waals surface area contributed by atoms with Crippen LogP contribution in [0.4, 0.5) is 11.6 Å². The summed E-state index contributed by atoms with van der Waals surface area (Å²) in [6, 6.07) is 9.72. The Hall–Kier alpha value is -1.81. The van der Waals surface area contributed by atoms with Crippen LogP contribution in [0.2, 0.25) is 5.02 Å². The van der Waals surface area contributed by atoms with Crippen LogP contribution in [0, 0.1) is 12.8 Å². The fourth-order valence-corrected chi connectivity index (χ4v) is 1.98. The molecule has 0 aliphatic carbocycles. The fraction of sp³-hybridized carbons (Fsp3) is 0.375. The summed E-state index contributed by atoms with van der Waals surface area (Å²) in [7, 11) is 0. The van der Waals surface area contributed by atoms with Crippen molar-refractivity contribution >= 4 is 23.2 Å². The van der Waals surface area contributed by atoms with Gasteiger partial charge in [0.05, 0.1) is 0 Å². The molecule has 0 aliphatic heterocycles. The van der Waals surface area contributed by atoms with E-state index >= 15 is 0 Å². The van der Waals surface area contributed by atoms with Gasteiger partial charge in [-0.3, -0.25) is 0 Å². The highest BCUT2D eigenvalue weighted by atomic mass is 35.5. The number of aromatic nitrogens is 2. The first-order valence-electron chi connectivity index (χ1n) is 7.11. The summed E-state index contributed by atoms with van der Waals surface area (Å²) in [4.78, 5) is 8.80. The van der Waals surface area contributed by atoms with Crippen LogP contribution in [-0.2, 0) is 6.54 Å². The minimum atomic E-state index is 0.575. The third-order valence-electron chi connectivity index (χ3n) is 2.92. The van der Waals surface area contributed by atoms with E-state index in [2.05, 4.69) is 34.4 Å². The molecule has 0 spiro atoms. The molecule has 5 heteroatoms. The summed E-state index contributed by atoms with van der Waals surface area (Å²) < 4.78 is 0. The number of rotatable bonds is 6. The van der Waals surface area contributed by atoms with Gasteiger partial charge in [0.25, 0.3) is 0 Å². The highest BCUT2D eigenvalue weighted by Gasteiger charge is 2.03. The van der Waals surface area contributed by atoms with Crippen molar-refractivity contribution in [3.63, 3.8) is 0 Å². The number of hydrogen-bond donors (Lipinski definition) is 2. The number of hydrogen-bond acceptors (Lipinski definition) is 4. The predicted molar refractivity (Wildman–Crippen MR) is 88.9 cm³/mol. The van der Waals surface area contributed by atoms with Gasteiger partial charge in [-0.1, -0.05) is 37.6 Å². The zero-order valence-corrected chi connectivity index (χ0v) is 13.4. The van der Waals surface area contributed by atoms with Crippen LogP contribution < -0.4 is 10.6 Å². The normalized spacial score (nSPS) is 10.7. The molecule has 1 aromatic heterocycles. The van der Waals surface area contributed by atoms with E-state index in [0.717, 1.165) is 34.6 Å². The van der Waals surface area contributed by atoms with Gasteiger partial charge in [0, 0.05) is 24.2 Å². The van der Waals surface area contributed by atoms with Gasteiger partial charge in [0.2, 0.25) is 0 Å². The molecule has 0 amide bonds. The molecular formula is C16H21ClN4. The van der Waals surface area contributed by atoms with Crippen LogP contribution in [0.1, 0.15) is 25.2 Å². The molecule has 2 rings (SSSR count). The zero-order chi connectivity index (χ0) is 15.2. The molecule has 4 nitrogen and oxygen atoms in total. The molecular weight excluding hydrogens is 284 g/mol. The summed E-state index contributed by atoms with van der Waals surface area (Å²) in [5.41, 5.74) is 1.16. The highest BCUT2D eigenvalue weighted by molar-refractivity contribution is 6.30. The Balaban J connectivity index is 2.00. The van der Waals surface area contributed by atoms with Gasteiger partial charge in [-0.2, -0.15) is 0 Å². The number of nitrogens with one attached hydrogen (secondary N) is 2. The molecule has 112 valence electrons. The van der Waals surface area contributed by atoms with E-state index in [1.807, 2.05) is 37.3 Å². The van der Waals surface area contributed by atoms with E-state index in [1.165, 1.54) is 0 Å². The quantitative estimate of drug-likeness (QED) is 0.843.